The van der Waals surface area contributed by atoms with Crippen molar-refractivity contribution < 1.29 is 0 Å². The predicted octanol–water partition coefficient (Wildman–Crippen LogP) is 2.01. The standard InChI is InChI=1S/C12H18ClN3/c1-9-12(13)7-11(8-15-9)10(2)16-5-3-14-4-6-16/h7-8,10,14H,3-6H2,1-2H3. The maximum Gasteiger partial charge on any atom is 0.0621 e. The predicted molar refractivity (Wildman–Crippen MR) is 66.8 cm³/mol. The number of hydrogen-bond acceptors (Lipinski definition) is 3. The Morgan fingerprint density at radius 2 is 2.12 bits per heavy atom. The third-order valence-corrected chi connectivity index (χ3v) is 3.61. The number of hydrogen-bond donors (Lipinski definition) is 1. The monoisotopic (exact) mass is 239 g/mol. The molecule has 1 aromatic heterocycles. The van der Waals surface area contributed by atoms with E-state index in [4.69, 9.17) is 11.6 Å². The number of pyridine rings is 1. The van der Waals surface area contributed by atoms with E-state index in [1.807, 2.05) is 19.2 Å². The van der Waals surface area contributed by atoms with Crippen LogP contribution < -0.4 is 5.32 Å². The quantitative estimate of drug-likeness (QED) is 0.856. The fourth-order valence-electron chi connectivity index (χ4n) is 2.03. The first-order valence-electron chi connectivity index (χ1n) is 5.75. The van der Waals surface area contributed by atoms with E-state index in [0.29, 0.717) is 6.04 Å². The summed E-state index contributed by atoms with van der Waals surface area (Å²) in [6.45, 7) is 8.46. The normalized spacial score (nSPS) is 19.7. The average Bonchev–Trinajstić information content (AvgIpc) is 2.33. The van der Waals surface area contributed by atoms with Gasteiger partial charge in [0.15, 0.2) is 0 Å². The molecule has 1 atom stereocenters. The smallest absolute Gasteiger partial charge is 0.0621 e. The summed E-state index contributed by atoms with van der Waals surface area (Å²) < 4.78 is 0. The topological polar surface area (TPSA) is 28.2 Å². The molecule has 4 heteroatoms. The van der Waals surface area contributed by atoms with Gasteiger partial charge in [-0.05, 0) is 25.5 Å². The molecule has 0 bridgehead atoms. The van der Waals surface area contributed by atoms with Crippen LogP contribution >= 0.6 is 11.6 Å². The van der Waals surface area contributed by atoms with Crippen LogP contribution in [0.25, 0.3) is 0 Å². The molecule has 0 spiro atoms. The first-order chi connectivity index (χ1) is 7.68. The minimum Gasteiger partial charge on any atom is -0.314 e. The van der Waals surface area contributed by atoms with E-state index in [-0.39, 0.29) is 0 Å². The molecule has 1 N–H and O–H groups in total. The van der Waals surface area contributed by atoms with E-state index in [1.165, 1.54) is 5.56 Å². The molecule has 0 aromatic carbocycles. The third-order valence-electron chi connectivity index (χ3n) is 3.23. The Morgan fingerprint density at radius 3 is 2.75 bits per heavy atom. The number of nitrogens with one attached hydrogen (secondary N) is 1. The lowest BCUT2D eigenvalue weighted by Crippen LogP contribution is -2.44. The highest BCUT2D eigenvalue weighted by molar-refractivity contribution is 6.31. The molecule has 0 aliphatic carbocycles. The maximum atomic E-state index is 6.10. The van der Waals surface area contributed by atoms with Gasteiger partial charge in [0.05, 0.1) is 10.7 Å². The van der Waals surface area contributed by atoms with Crippen molar-refractivity contribution in [3.05, 3.63) is 28.5 Å². The first kappa shape index (κ1) is 11.8. The molecule has 1 aliphatic heterocycles. The van der Waals surface area contributed by atoms with E-state index < -0.39 is 0 Å². The summed E-state index contributed by atoms with van der Waals surface area (Å²) in [4.78, 5) is 6.78. The lowest BCUT2D eigenvalue weighted by Gasteiger charge is -2.33. The van der Waals surface area contributed by atoms with Gasteiger partial charge in [0.1, 0.15) is 0 Å². The van der Waals surface area contributed by atoms with Crippen LogP contribution in [0, 0.1) is 6.92 Å². The van der Waals surface area contributed by atoms with Crippen LogP contribution in [0.2, 0.25) is 5.02 Å². The number of nitrogens with zero attached hydrogens (tertiary/aromatic N) is 2. The number of piperazine rings is 1. The molecular weight excluding hydrogens is 222 g/mol. The highest BCUT2D eigenvalue weighted by atomic mass is 35.5. The van der Waals surface area contributed by atoms with E-state index in [0.717, 1.165) is 36.9 Å². The largest absolute Gasteiger partial charge is 0.314 e. The van der Waals surface area contributed by atoms with Crippen LogP contribution in [0.3, 0.4) is 0 Å². The van der Waals surface area contributed by atoms with Crippen molar-refractivity contribution in [1.29, 1.82) is 0 Å². The van der Waals surface area contributed by atoms with Crippen molar-refractivity contribution in [3.63, 3.8) is 0 Å². The summed E-state index contributed by atoms with van der Waals surface area (Å²) in [6.07, 6.45) is 1.94. The Morgan fingerprint density at radius 1 is 1.44 bits per heavy atom. The Balaban J connectivity index is 2.12. The van der Waals surface area contributed by atoms with Gasteiger partial charge in [-0.25, -0.2) is 0 Å². The van der Waals surface area contributed by atoms with Crippen LogP contribution in [-0.2, 0) is 0 Å². The molecule has 0 saturated carbocycles. The maximum absolute atomic E-state index is 6.10. The zero-order chi connectivity index (χ0) is 11.5. The van der Waals surface area contributed by atoms with E-state index in [1.54, 1.807) is 0 Å². The molecule has 1 saturated heterocycles. The molecule has 88 valence electrons. The van der Waals surface area contributed by atoms with Crippen LogP contribution in [0.4, 0.5) is 0 Å². The number of rotatable bonds is 2. The summed E-state index contributed by atoms with van der Waals surface area (Å²) in [7, 11) is 0. The zero-order valence-corrected chi connectivity index (χ0v) is 10.6. The van der Waals surface area contributed by atoms with Gasteiger partial charge in [-0.1, -0.05) is 11.6 Å². The summed E-state index contributed by atoms with van der Waals surface area (Å²) in [5, 5.41) is 4.12. The molecular formula is C12H18ClN3. The summed E-state index contributed by atoms with van der Waals surface area (Å²) in [5.74, 6) is 0. The molecule has 3 nitrogen and oxygen atoms in total. The molecule has 1 fully saturated rings. The lowest BCUT2D eigenvalue weighted by molar-refractivity contribution is 0.185. The van der Waals surface area contributed by atoms with Crippen molar-refractivity contribution in [2.75, 3.05) is 26.2 Å². The van der Waals surface area contributed by atoms with Gasteiger partial charge in [0.25, 0.3) is 0 Å². The number of aryl methyl sites for hydroxylation is 1. The second kappa shape index (κ2) is 5.13. The summed E-state index contributed by atoms with van der Waals surface area (Å²) in [5.41, 5.74) is 2.11. The van der Waals surface area contributed by atoms with Crippen molar-refractivity contribution in [2.45, 2.75) is 19.9 Å². The highest BCUT2D eigenvalue weighted by Gasteiger charge is 2.18. The summed E-state index contributed by atoms with van der Waals surface area (Å²) in [6, 6.07) is 2.43. The molecule has 2 rings (SSSR count). The van der Waals surface area contributed by atoms with Crippen LogP contribution in [0.1, 0.15) is 24.2 Å². The van der Waals surface area contributed by atoms with Crippen molar-refractivity contribution in [3.8, 4) is 0 Å². The second-order valence-electron chi connectivity index (χ2n) is 4.30. The fraction of sp³-hybridized carbons (Fsp3) is 0.583. The average molecular weight is 240 g/mol. The van der Waals surface area contributed by atoms with Gasteiger partial charge in [0.2, 0.25) is 0 Å². The molecule has 1 unspecified atom stereocenters. The Hall–Kier alpha value is -0.640. The fourth-order valence-corrected chi connectivity index (χ4v) is 2.20. The second-order valence-corrected chi connectivity index (χ2v) is 4.71. The van der Waals surface area contributed by atoms with E-state index >= 15 is 0 Å². The zero-order valence-electron chi connectivity index (χ0n) is 9.83. The molecule has 0 radical (unpaired) electrons. The summed E-state index contributed by atoms with van der Waals surface area (Å²) >= 11 is 6.10. The Kier molecular flexibility index (Phi) is 3.79. The molecule has 16 heavy (non-hydrogen) atoms. The molecule has 1 aliphatic rings. The first-order valence-corrected chi connectivity index (χ1v) is 6.13. The van der Waals surface area contributed by atoms with Crippen molar-refractivity contribution >= 4 is 11.6 Å². The van der Waals surface area contributed by atoms with E-state index in [2.05, 4.69) is 22.1 Å². The SMILES string of the molecule is Cc1ncc(C(C)N2CCNCC2)cc1Cl. The molecule has 0 amide bonds. The number of halogens is 1. The Labute approximate surface area is 102 Å². The lowest BCUT2D eigenvalue weighted by atomic mass is 10.1. The minimum atomic E-state index is 0.396. The van der Waals surface area contributed by atoms with Gasteiger partial charge in [0, 0.05) is 38.4 Å². The van der Waals surface area contributed by atoms with Crippen LogP contribution in [0.15, 0.2) is 12.3 Å². The molecule has 1 aromatic rings. The molecule has 2 heterocycles. The third kappa shape index (κ3) is 2.54. The van der Waals surface area contributed by atoms with Crippen LogP contribution in [0.5, 0.6) is 0 Å². The minimum absolute atomic E-state index is 0.396. The van der Waals surface area contributed by atoms with Crippen molar-refractivity contribution in [2.24, 2.45) is 0 Å². The van der Waals surface area contributed by atoms with Gasteiger partial charge in [-0.15, -0.1) is 0 Å². The van der Waals surface area contributed by atoms with Gasteiger partial charge in [-0.2, -0.15) is 0 Å². The van der Waals surface area contributed by atoms with Crippen LogP contribution in [-0.4, -0.2) is 36.1 Å². The Bertz CT molecular complexity index is 361. The highest BCUT2D eigenvalue weighted by Crippen LogP contribution is 2.23. The van der Waals surface area contributed by atoms with Gasteiger partial charge in [-0.3, -0.25) is 9.88 Å². The van der Waals surface area contributed by atoms with Crippen molar-refractivity contribution in [1.82, 2.24) is 15.2 Å². The number of aromatic nitrogens is 1. The van der Waals surface area contributed by atoms with Gasteiger partial charge >= 0.3 is 0 Å². The van der Waals surface area contributed by atoms with Gasteiger partial charge < -0.3 is 5.32 Å². The van der Waals surface area contributed by atoms with E-state index in [9.17, 15) is 0 Å².